The maximum absolute atomic E-state index is 11.1. The Morgan fingerprint density at radius 2 is 2.28 bits per heavy atom. The number of nitrogens with one attached hydrogen (secondary N) is 1. The van der Waals surface area contributed by atoms with E-state index in [4.69, 9.17) is 5.11 Å². The summed E-state index contributed by atoms with van der Waals surface area (Å²) in [7, 11) is 4.14. The molecular weight excluding hydrogens is 230 g/mol. The van der Waals surface area contributed by atoms with Crippen molar-refractivity contribution in [1.29, 1.82) is 0 Å². The molecular formula is C13H19N3O2. The van der Waals surface area contributed by atoms with Gasteiger partial charge in [-0.3, -0.25) is 4.98 Å². The summed E-state index contributed by atoms with van der Waals surface area (Å²) in [4.78, 5) is 17.3. The number of aromatic nitrogens is 1. The number of hydrogen-bond donors (Lipinski definition) is 2. The summed E-state index contributed by atoms with van der Waals surface area (Å²) in [5, 5.41) is 12.3. The van der Waals surface area contributed by atoms with Crippen LogP contribution in [0.5, 0.6) is 0 Å². The predicted molar refractivity (Wildman–Crippen MR) is 70.0 cm³/mol. The molecule has 98 valence electrons. The molecule has 1 saturated carbocycles. The number of hydrogen-bond acceptors (Lipinski definition) is 4. The van der Waals surface area contributed by atoms with Gasteiger partial charge in [-0.25, -0.2) is 4.79 Å². The fraction of sp³-hybridized carbons (Fsp3) is 0.538. The topological polar surface area (TPSA) is 65.5 Å². The van der Waals surface area contributed by atoms with Crippen LogP contribution in [0.1, 0.15) is 29.6 Å². The maximum atomic E-state index is 11.1. The smallest absolute Gasteiger partial charge is 0.337 e. The lowest BCUT2D eigenvalue weighted by atomic mass is 9.75. The van der Waals surface area contributed by atoms with Crippen LogP contribution >= 0.6 is 0 Å². The minimum Gasteiger partial charge on any atom is -0.478 e. The van der Waals surface area contributed by atoms with Gasteiger partial charge >= 0.3 is 5.97 Å². The van der Waals surface area contributed by atoms with Crippen LogP contribution in [0.4, 0.5) is 5.69 Å². The van der Waals surface area contributed by atoms with Gasteiger partial charge in [0.05, 0.1) is 17.4 Å². The SMILES string of the molecule is CN(C)C1(CNc2cnccc2C(=O)O)CCC1. The Hall–Kier alpha value is -1.62. The third-order valence-electron chi connectivity index (χ3n) is 3.89. The van der Waals surface area contributed by atoms with Crippen LogP contribution in [-0.2, 0) is 0 Å². The van der Waals surface area contributed by atoms with Gasteiger partial charge < -0.3 is 15.3 Å². The molecule has 0 radical (unpaired) electrons. The minimum absolute atomic E-state index is 0.158. The number of nitrogens with zero attached hydrogens (tertiary/aromatic N) is 2. The number of anilines is 1. The number of rotatable bonds is 5. The van der Waals surface area contributed by atoms with Crippen LogP contribution in [0.15, 0.2) is 18.5 Å². The molecule has 1 aliphatic carbocycles. The van der Waals surface area contributed by atoms with E-state index in [1.807, 2.05) is 0 Å². The first-order valence-electron chi connectivity index (χ1n) is 6.14. The quantitative estimate of drug-likeness (QED) is 0.831. The van der Waals surface area contributed by atoms with Crippen molar-refractivity contribution in [2.24, 2.45) is 0 Å². The zero-order valence-corrected chi connectivity index (χ0v) is 10.8. The molecule has 1 heterocycles. The molecule has 1 aliphatic rings. The normalized spacial score (nSPS) is 17.3. The van der Waals surface area contributed by atoms with E-state index >= 15 is 0 Å². The van der Waals surface area contributed by atoms with Crippen LogP contribution in [0, 0.1) is 0 Å². The zero-order valence-electron chi connectivity index (χ0n) is 10.8. The molecule has 5 heteroatoms. The highest BCUT2D eigenvalue weighted by Gasteiger charge is 2.38. The van der Waals surface area contributed by atoms with Crippen molar-refractivity contribution >= 4 is 11.7 Å². The Morgan fingerprint density at radius 1 is 1.56 bits per heavy atom. The summed E-state index contributed by atoms with van der Waals surface area (Å²) >= 11 is 0. The van der Waals surface area contributed by atoms with E-state index < -0.39 is 5.97 Å². The van der Waals surface area contributed by atoms with Gasteiger partial charge in [0.15, 0.2) is 0 Å². The monoisotopic (exact) mass is 249 g/mol. The Labute approximate surface area is 107 Å². The van der Waals surface area contributed by atoms with Gasteiger partial charge in [-0.05, 0) is 39.4 Å². The number of carbonyl (C=O) groups is 1. The van der Waals surface area contributed by atoms with Gasteiger partial charge in [0.1, 0.15) is 0 Å². The molecule has 1 fully saturated rings. The molecule has 2 N–H and O–H groups in total. The third kappa shape index (κ3) is 2.31. The highest BCUT2D eigenvalue weighted by molar-refractivity contribution is 5.93. The molecule has 0 bridgehead atoms. The lowest BCUT2D eigenvalue weighted by molar-refractivity contribution is 0.0693. The van der Waals surface area contributed by atoms with Crippen molar-refractivity contribution in [2.75, 3.05) is 26.0 Å². The fourth-order valence-electron chi connectivity index (χ4n) is 2.35. The van der Waals surface area contributed by atoms with E-state index in [2.05, 4.69) is 29.3 Å². The molecule has 0 spiro atoms. The third-order valence-corrected chi connectivity index (χ3v) is 3.89. The number of carboxylic acids is 1. The van der Waals surface area contributed by atoms with Crippen molar-refractivity contribution in [3.63, 3.8) is 0 Å². The van der Waals surface area contributed by atoms with Crippen LogP contribution in [-0.4, -0.2) is 47.1 Å². The molecule has 0 aromatic carbocycles. The van der Waals surface area contributed by atoms with E-state index in [1.165, 1.54) is 18.7 Å². The molecule has 0 amide bonds. The molecule has 5 nitrogen and oxygen atoms in total. The Balaban J connectivity index is 2.08. The van der Waals surface area contributed by atoms with Gasteiger partial charge in [0.25, 0.3) is 0 Å². The first-order valence-corrected chi connectivity index (χ1v) is 6.14. The molecule has 2 rings (SSSR count). The number of carboxylic acid groups (broad SMARTS) is 1. The Morgan fingerprint density at radius 3 is 2.78 bits per heavy atom. The number of pyridine rings is 1. The summed E-state index contributed by atoms with van der Waals surface area (Å²) < 4.78 is 0. The van der Waals surface area contributed by atoms with Crippen molar-refractivity contribution in [3.05, 3.63) is 24.0 Å². The molecule has 0 atom stereocenters. The first kappa shape index (κ1) is 12.8. The van der Waals surface area contributed by atoms with Gasteiger partial charge in [-0.15, -0.1) is 0 Å². The second-order valence-electron chi connectivity index (χ2n) is 5.05. The molecule has 18 heavy (non-hydrogen) atoms. The second-order valence-corrected chi connectivity index (χ2v) is 5.05. The standard InChI is InChI=1S/C13H19N3O2/c1-16(2)13(5-3-6-13)9-15-11-8-14-7-4-10(11)12(17)18/h4,7-8,15H,3,5-6,9H2,1-2H3,(H,17,18). The van der Waals surface area contributed by atoms with Crippen LogP contribution in [0.25, 0.3) is 0 Å². The summed E-state index contributed by atoms with van der Waals surface area (Å²) in [6.45, 7) is 0.756. The molecule has 0 aliphatic heterocycles. The average molecular weight is 249 g/mol. The van der Waals surface area contributed by atoms with Crippen molar-refractivity contribution < 1.29 is 9.90 Å². The second kappa shape index (κ2) is 4.94. The predicted octanol–water partition coefficient (Wildman–Crippen LogP) is 1.68. The summed E-state index contributed by atoms with van der Waals surface area (Å²) in [5.74, 6) is -0.924. The van der Waals surface area contributed by atoms with E-state index in [0.29, 0.717) is 5.69 Å². The highest BCUT2D eigenvalue weighted by atomic mass is 16.4. The van der Waals surface area contributed by atoms with E-state index in [9.17, 15) is 4.79 Å². The highest BCUT2D eigenvalue weighted by Crippen LogP contribution is 2.36. The number of aromatic carboxylic acids is 1. The maximum Gasteiger partial charge on any atom is 0.337 e. The summed E-state index contributed by atoms with van der Waals surface area (Å²) in [6, 6.07) is 1.52. The first-order chi connectivity index (χ1) is 8.55. The summed E-state index contributed by atoms with van der Waals surface area (Å²) in [6.07, 6.45) is 6.61. The van der Waals surface area contributed by atoms with Gasteiger partial charge in [0, 0.05) is 18.3 Å². The Kier molecular flexibility index (Phi) is 3.52. The fourth-order valence-corrected chi connectivity index (χ4v) is 2.35. The molecule has 1 aromatic rings. The molecule has 0 saturated heterocycles. The lowest BCUT2D eigenvalue weighted by Gasteiger charge is -2.47. The number of likely N-dealkylation sites (N-methyl/N-ethyl adjacent to an activating group) is 1. The largest absolute Gasteiger partial charge is 0.478 e. The Bertz CT molecular complexity index is 442. The lowest BCUT2D eigenvalue weighted by Crippen LogP contribution is -2.54. The van der Waals surface area contributed by atoms with E-state index in [0.717, 1.165) is 19.4 Å². The minimum atomic E-state index is -0.924. The van der Waals surface area contributed by atoms with Crippen molar-refractivity contribution in [3.8, 4) is 0 Å². The van der Waals surface area contributed by atoms with Crippen LogP contribution < -0.4 is 5.32 Å². The molecule has 0 unspecified atom stereocenters. The van der Waals surface area contributed by atoms with Crippen LogP contribution in [0.2, 0.25) is 0 Å². The van der Waals surface area contributed by atoms with Crippen LogP contribution in [0.3, 0.4) is 0 Å². The van der Waals surface area contributed by atoms with Crippen molar-refractivity contribution in [2.45, 2.75) is 24.8 Å². The van der Waals surface area contributed by atoms with Gasteiger partial charge in [-0.2, -0.15) is 0 Å². The van der Waals surface area contributed by atoms with Gasteiger partial charge in [0.2, 0.25) is 0 Å². The van der Waals surface area contributed by atoms with E-state index in [-0.39, 0.29) is 11.1 Å². The molecule has 1 aromatic heterocycles. The average Bonchev–Trinajstić information content (AvgIpc) is 2.27. The van der Waals surface area contributed by atoms with Gasteiger partial charge in [-0.1, -0.05) is 0 Å². The van der Waals surface area contributed by atoms with Crippen molar-refractivity contribution in [1.82, 2.24) is 9.88 Å². The zero-order chi connectivity index (χ0) is 13.2. The summed E-state index contributed by atoms with van der Waals surface area (Å²) in [5.41, 5.74) is 1.03. The van der Waals surface area contributed by atoms with E-state index in [1.54, 1.807) is 6.20 Å².